The maximum atomic E-state index is 13.5. The molecule has 1 unspecified atom stereocenters. The summed E-state index contributed by atoms with van der Waals surface area (Å²) in [5, 5.41) is 9.55. The number of nitrogens with two attached hydrogens (primary N) is 1. The topological polar surface area (TPSA) is 92.4 Å². The number of anilines is 1. The Hall–Kier alpha value is -1.25. The van der Waals surface area contributed by atoms with Crippen molar-refractivity contribution in [3.05, 3.63) is 23.8 Å². The van der Waals surface area contributed by atoms with Crippen molar-refractivity contribution in [2.24, 2.45) is 5.92 Å². The average molecular weight is 292 g/mol. The van der Waals surface area contributed by atoms with Crippen molar-refractivity contribution in [3.63, 3.8) is 0 Å². The fraction of sp³-hybridized carbons (Fsp3) is 0.455. The molecule has 1 atom stereocenters. The highest BCUT2D eigenvalue weighted by Gasteiger charge is 2.32. The van der Waals surface area contributed by atoms with Gasteiger partial charge in [0.05, 0.1) is 6.10 Å². The van der Waals surface area contributed by atoms with E-state index in [4.69, 9.17) is 5.73 Å². The van der Waals surface area contributed by atoms with Crippen molar-refractivity contribution in [2.75, 3.05) is 12.3 Å². The van der Waals surface area contributed by atoms with Gasteiger partial charge in [-0.1, -0.05) is 0 Å². The Kier molecular flexibility index (Phi) is 3.75. The summed E-state index contributed by atoms with van der Waals surface area (Å²) in [6.07, 6.45) is 0.815. The Morgan fingerprint density at radius 1 is 1.37 bits per heavy atom. The molecule has 0 bridgehead atoms. The van der Waals surface area contributed by atoms with E-state index in [-0.39, 0.29) is 18.2 Å². The molecule has 0 aliphatic heterocycles. The lowest BCUT2D eigenvalue weighted by atomic mass is 10.2. The van der Waals surface area contributed by atoms with Crippen molar-refractivity contribution in [1.29, 1.82) is 0 Å². The normalized spacial score (nSPS) is 17.4. The van der Waals surface area contributed by atoms with Crippen LogP contribution in [0.2, 0.25) is 0 Å². The summed E-state index contributed by atoms with van der Waals surface area (Å²) >= 11 is 0. The van der Waals surface area contributed by atoms with E-state index in [0.29, 0.717) is 0 Å². The number of nitrogen functional groups attached to an aromatic ring is 1. The zero-order valence-corrected chi connectivity index (χ0v) is 10.8. The molecule has 1 fully saturated rings. The van der Waals surface area contributed by atoms with Crippen molar-refractivity contribution in [1.82, 2.24) is 4.72 Å². The molecule has 0 aromatic heterocycles. The summed E-state index contributed by atoms with van der Waals surface area (Å²) in [5.41, 5.74) is 5.00. The van der Waals surface area contributed by atoms with E-state index in [9.17, 15) is 22.3 Å². The maximum Gasteiger partial charge on any atom is 0.246 e. The van der Waals surface area contributed by atoms with Crippen LogP contribution in [0.5, 0.6) is 0 Å². The SMILES string of the molecule is Nc1cc(F)c(S(=O)(=O)NCC(O)C2CC2)c(F)c1. The van der Waals surface area contributed by atoms with Gasteiger partial charge >= 0.3 is 0 Å². The van der Waals surface area contributed by atoms with Crippen LogP contribution in [0.3, 0.4) is 0 Å². The molecule has 1 aliphatic carbocycles. The number of halogens is 2. The van der Waals surface area contributed by atoms with Crippen molar-refractivity contribution in [3.8, 4) is 0 Å². The van der Waals surface area contributed by atoms with Gasteiger partial charge in [0.15, 0.2) is 4.90 Å². The lowest BCUT2D eigenvalue weighted by molar-refractivity contribution is 0.155. The smallest absolute Gasteiger partial charge is 0.246 e. The first-order valence-corrected chi connectivity index (χ1v) is 7.22. The van der Waals surface area contributed by atoms with Crippen LogP contribution in [0.15, 0.2) is 17.0 Å². The average Bonchev–Trinajstić information content (AvgIpc) is 3.07. The Morgan fingerprint density at radius 3 is 2.37 bits per heavy atom. The van der Waals surface area contributed by atoms with Crippen molar-refractivity contribution in [2.45, 2.75) is 23.8 Å². The zero-order chi connectivity index (χ0) is 14.2. The Balaban J connectivity index is 2.19. The molecule has 0 heterocycles. The van der Waals surface area contributed by atoms with Gasteiger partial charge in [-0.3, -0.25) is 0 Å². The van der Waals surface area contributed by atoms with Gasteiger partial charge < -0.3 is 10.8 Å². The van der Waals surface area contributed by atoms with E-state index >= 15 is 0 Å². The van der Waals surface area contributed by atoms with Gasteiger partial charge in [-0.25, -0.2) is 21.9 Å². The molecule has 8 heteroatoms. The summed E-state index contributed by atoms with van der Waals surface area (Å²) in [4.78, 5) is -1.08. The lowest BCUT2D eigenvalue weighted by Gasteiger charge is -2.12. The fourth-order valence-corrected chi connectivity index (χ4v) is 2.92. The number of aliphatic hydroxyl groups is 1. The highest BCUT2D eigenvalue weighted by atomic mass is 32.2. The molecule has 1 saturated carbocycles. The summed E-state index contributed by atoms with van der Waals surface area (Å²) in [6.45, 7) is -0.268. The van der Waals surface area contributed by atoms with E-state index in [0.717, 1.165) is 25.0 Å². The molecule has 0 amide bonds. The van der Waals surface area contributed by atoms with Crippen LogP contribution >= 0.6 is 0 Å². The number of benzene rings is 1. The molecule has 106 valence electrons. The maximum absolute atomic E-state index is 13.5. The molecular weight excluding hydrogens is 278 g/mol. The van der Waals surface area contributed by atoms with Gasteiger partial charge in [-0.15, -0.1) is 0 Å². The van der Waals surface area contributed by atoms with Crippen molar-refractivity contribution >= 4 is 15.7 Å². The molecule has 1 aromatic rings. The quantitative estimate of drug-likeness (QED) is 0.693. The third kappa shape index (κ3) is 3.20. The molecule has 1 aliphatic rings. The van der Waals surface area contributed by atoms with Crippen LogP contribution in [0.25, 0.3) is 0 Å². The van der Waals surface area contributed by atoms with Gasteiger partial charge in [-0.2, -0.15) is 0 Å². The van der Waals surface area contributed by atoms with Gasteiger partial charge in [-0.05, 0) is 30.9 Å². The molecule has 5 nitrogen and oxygen atoms in total. The number of aliphatic hydroxyl groups excluding tert-OH is 1. The molecule has 19 heavy (non-hydrogen) atoms. The minimum absolute atomic E-state index is 0.0591. The van der Waals surface area contributed by atoms with E-state index in [1.807, 2.05) is 4.72 Å². The molecule has 0 saturated heterocycles. The number of sulfonamides is 1. The summed E-state index contributed by atoms with van der Waals surface area (Å²) < 4.78 is 52.6. The standard InChI is InChI=1S/C11H14F2N2O3S/c12-8-3-7(14)4-9(13)11(8)19(17,18)15-5-10(16)6-1-2-6/h3-4,6,10,15-16H,1-2,5,14H2. The molecule has 0 spiro atoms. The number of hydrogen-bond donors (Lipinski definition) is 3. The molecule has 4 N–H and O–H groups in total. The monoisotopic (exact) mass is 292 g/mol. The third-order valence-corrected chi connectivity index (χ3v) is 4.41. The van der Waals surface area contributed by atoms with Gasteiger partial charge in [0.2, 0.25) is 10.0 Å². The first kappa shape index (κ1) is 14.2. The molecule has 1 aromatic carbocycles. The summed E-state index contributed by atoms with van der Waals surface area (Å²) in [7, 11) is -4.35. The van der Waals surface area contributed by atoms with Crippen LogP contribution in [0, 0.1) is 17.6 Å². The Morgan fingerprint density at radius 2 is 1.89 bits per heavy atom. The first-order valence-electron chi connectivity index (χ1n) is 5.73. The van der Waals surface area contributed by atoms with Crippen LogP contribution in [-0.2, 0) is 10.0 Å². The highest BCUT2D eigenvalue weighted by Crippen LogP contribution is 2.32. The van der Waals surface area contributed by atoms with Crippen LogP contribution < -0.4 is 10.5 Å². The van der Waals surface area contributed by atoms with Crippen molar-refractivity contribution < 1.29 is 22.3 Å². The lowest BCUT2D eigenvalue weighted by Crippen LogP contribution is -2.34. The minimum atomic E-state index is -4.35. The second-order valence-electron chi connectivity index (χ2n) is 4.57. The molecule has 2 rings (SSSR count). The first-order chi connectivity index (χ1) is 8.81. The predicted molar refractivity (Wildman–Crippen MR) is 64.7 cm³/mol. The largest absolute Gasteiger partial charge is 0.399 e. The van der Waals surface area contributed by atoms with E-state index < -0.39 is 32.7 Å². The second kappa shape index (κ2) is 5.03. The van der Waals surface area contributed by atoms with E-state index in [1.54, 1.807) is 0 Å². The van der Waals surface area contributed by atoms with E-state index in [2.05, 4.69) is 0 Å². The summed E-state index contributed by atoms with van der Waals surface area (Å²) in [6, 6.07) is 1.46. The second-order valence-corrected chi connectivity index (χ2v) is 6.27. The predicted octanol–water partition coefficient (Wildman–Crippen LogP) is 0.596. The number of nitrogens with one attached hydrogen (secondary N) is 1. The summed E-state index contributed by atoms with van der Waals surface area (Å²) in [5.74, 6) is -2.46. The Labute approximate surface area is 109 Å². The number of hydrogen-bond acceptors (Lipinski definition) is 4. The van der Waals surface area contributed by atoms with Gasteiger partial charge in [0.25, 0.3) is 0 Å². The van der Waals surface area contributed by atoms with Gasteiger partial charge in [0.1, 0.15) is 11.6 Å². The molecular formula is C11H14F2N2O3S. The van der Waals surface area contributed by atoms with Crippen LogP contribution in [0.4, 0.5) is 14.5 Å². The third-order valence-electron chi connectivity index (χ3n) is 2.94. The van der Waals surface area contributed by atoms with Crippen LogP contribution in [0.1, 0.15) is 12.8 Å². The minimum Gasteiger partial charge on any atom is -0.399 e. The molecule has 0 radical (unpaired) electrons. The van der Waals surface area contributed by atoms with E-state index in [1.165, 1.54) is 0 Å². The fourth-order valence-electron chi connectivity index (χ4n) is 1.75. The zero-order valence-electron chi connectivity index (χ0n) is 9.94. The highest BCUT2D eigenvalue weighted by molar-refractivity contribution is 7.89. The van der Waals surface area contributed by atoms with Crippen LogP contribution in [-0.4, -0.2) is 26.2 Å². The van der Waals surface area contributed by atoms with Gasteiger partial charge in [0, 0.05) is 12.2 Å². The Bertz CT molecular complexity index is 565. The number of rotatable bonds is 5.